The molecule has 0 saturated carbocycles. The number of nitrogens with one attached hydrogen (secondary N) is 4. The number of carbonyl (C=O) groups excluding carboxylic acids is 3. The van der Waals surface area contributed by atoms with E-state index in [2.05, 4.69) is 25.3 Å². The van der Waals surface area contributed by atoms with Crippen LogP contribution in [0.4, 0.5) is 20.6 Å². The number of benzene rings is 2. The van der Waals surface area contributed by atoms with Crippen LogP contribution in [0.3, 0.4) is 0 Å². The number of halogens is 1. The molecule has 0 bridgehead atoms. The van der Waals surface area contributed by atoms with E-state index >= 15 is 0 Å². The third-order valence-electron chi connectivity index (χ3n) is 6.04. The number of esters is 1. The fourth-order valence-corrected chi connectivity index (χ4v) is 5.16. The molecule has 0 saturated heterocycles. The van der Waals surface area contributed by atoms with Gasteiger partial charge in [0.15, 0.2) is 0 Å². The fraction of sp³-hybridized carbons (Fsp3) is 0.194. The number of amides is 3. The minimum atomic E-state index is -2.85. The Kier molecular flexibility index (Phi) is 10.3. The number of aromatic amines is 1. The third kappa shape index (κ3) is 9.16. The maximum absolute atomic E-state index is 14.8. The number of rotatable bonds is 11. The Balaban J connectivity index is 1.37. The number of urea groups is 1. The SMILES string of the molecule is CCOC(=O)CCC=S(C)(=O)NC(=O)c1c[nH]c(-c2cc(Oc3ccc(NC(=O)Nc4cccc(C)c4)c(F)c3)ccn2)c1. The number of pyridine rings is 1. The summed E-state index contributed by atoms with van der Waals surface area (Å²) in [6.07, 6.45) is 4.56. The van der Waals surface area contributed by atoms with Gasteiger partial charge in [0, 0.05) is 52.6 Å². The molecular weight excluding hydrogens is 589 g/mol. The van der Waals surface area contributed by atoms with Gasteiger partial charge in [-0.2, -0.15) is 0 Å². The average molecular weight is 622 g/mol. The Bertz CT molecular complexity index is 1800. The van der Waals surface area contributed by atoms with Gasteiger partial charge in [0.25, 0.3) is 5.91 Å². The van der Waals surface area contributed by atoms with Crippen LogP contribution >= 0.6 is 0 Å². The van der Waals surface area contributed by atoms with Crippen molar-refractivity contribution < 1.29 is 32.5 Å². The van der Waals surface area contributed by atoms with Crippen LogP contribution in [0.15, 0.2) is 73.1 Å². The van der Waals surface area contributed by atoms with Crippen LogP contribution in [0.2, 0.25) is 0 Å². The third-order valence-corrected chi connectivity index (χ3v) is 7.50. The van der Waals surface area contributed by atoms with Crippen LogP contribution in [0.25, 0.3) is 11.4 Å². The minimum absolute atomic E-state index is 0.0253. The van der Waals surface area contributed by atoms with Gasteiger partial charge in [-0.3, -0.25) is 19.3 Å². The zero-order valence-electron chi connectivity index (χ0n) is 24.3. The predicted molar refractivity (Wildman–Crippen MR) is 168 cm³/mol. The molecule has 0 aliphatic rings. The highest BCUT2D eigenvalue weighted by Gasteiger charge is 2.15. The topological polar surface area (TPSA) is 152 Å². The van der Waals surface area contributed by atoms with Crippen molar-refractivity contribution in [2.45, 2.75) is 26.7 Å². The number of carbonyl (C=O) groups is 3. The van der Waals surface area contributed by atoms with E-state index in [4.69, 9.17) is 9.47 Å². The van der Waals surface area contributed by atoms with E-state index in [1.165, 1.54) is 42.2 Å². The highest BCUT2D eigenvalue weighted by Crippen LogP contribution is 2.28. The van der Waals surface area contributed by atoms with Crippen molar-refractivity contribution >= 4 is 44.4 Å². The van der Waals surface area contributed by atoms with Crippen molar-refractivity contribution in [1.82, 2.24) is 14.7 Å². The first-order valence-electron chi connectivity index (χ1n) is 13.6. The molecule has 0 aliphatic carbocycles. The molecule has 0 aliphatic heterocycles. The molecular formula is C31H32FN5O6S. The minimum Gasteiger partial charge on any atom is -0.466 e. The quantitative estimate of drug-likeness (QED) is 0.125. The van der Waals surface area contributed by atoms with Crippen molar-refractivity contribution in [3.8, 4) is 22.9 Å². The molecule has 4 N–H and O–H groups in total. The van der Waals surface area contributed by atoms with E-state index in [0.717, 1.165) is 11.6 Å². The monoisotopic (exact) mass is 621 g/mol. The fourth-order valence-electron chi connectivity index (χ4n) is 4.02. The first-order valence-corrected chi connectivity index (χ1v) is 15.6. The average Bonchev–Trinajstić information content (AvgIpc) is 3.45. The van der Waals surface area contributed by atoms with E-state index in [9.17, 15) is 23.0 Å². The van der Waals surface area contributed by atoms with Crippen LogP contribution in [0.5, 0.6) is 11.5 Å². The number of nitrogens with zero attached hydrogens (tertiary/aromatic N) is 1. The zero-order valence-corrected chi connectivity index (χ0v) is 25.1. The van der Waals surface area contributed by atoms with Gasteiger partial charge in [0.05, 0.1) is 29.2 Å². The van der Waals surface area contributed by atoms with Gasteiger partial charge in [0.1, 0.15) is 17.3 Å². The summed E-state index contributed by atoms with van der Waals surface area (Å²) in [4.78, 5) is 43.8. The van der Waals surface area contributed by atoms with Crippen molar-refractivity contribution in [3.63, 3.8) is 0 Å². The summed E-state index contributed by atoms with van der Waals surface area (Å²) in [6, 6.07) is 15.4. The first-order chi connectivity index (χ1) is 21.0. The van der Waals surface area contributed by atoms with Gasteiger partial charge in [-0.25, -0.2) is 13.4 Å². The molecule has 0 spiro atoms. The summed E-state index contributed by atoms with van der Waals surface area (Å²) in [5, 5.41) is 6.53. The lowest BCUT2D eigenvalue weighted by Crippen LogP contribution is -2.30. The number of ether oxygens (including phenoxy) is 2. The molecule has 4 rings (SSSR count). The maximum atomic E-state index is 14.8. The molecule has 3 amide bonds. The van der Waals surface area contributed by atoms with Crippen molar-refractivity contribution in [2.75, 3.05) is 23.5 Å². The molecule has 1 atom stereocenters. The Morgan fingerprint density at radius 1 is 1.05 bits per heavy atom. The van der Waals surface area contributed by atoms with Crippen LogP contribution < -0.4 is 20.1 Å². The summed E-state index contributed by atoms with van der Waals surface area (Å²) < 4.78 is 40.6. The largest absolute Gasteiger partial charge is 0.466 e. The molecule has 2 aromatic heterocycles. The summed E-state index contributed by atoms with van der Waals surface area (Å²) in [7, 11) is -2.85. The van der Waals surface area contributed by atoms with Crippen LogP contribution in [-0.2, 0) is 19.2 Å². The normalized spacial score (nSPS) is 12.0. The van der Waals surface area contributed by atoms with E-state index < -0.39 is 33.4 Å². The second-order valence-corrected chi connectivity index (χ2v) is 12.1. The summed E-state index contributed by atoms with van der Waals surface area (Å²) in [5.74, 6) is -1.14. The highest BCUT2D eigenvalue weighted by atomic mass is 32.2. The Labute approximate surface area is 254 Å². The first kappa shape index (κ1) is 31.8. The Morgan fingerprint density at radius 2 is 1.84 bits per heavy atom. The number of aryl methyl sites for hydroxylation is 1. The number of aromatic nitrogens is 2. The molecule has 0 fully saturated rings. The molecule has 230 valence electrons. The van der Waals surface area contributed by atoms with Crippen LogP contribution in [0.1, 0.15) is 35.7 Å². The van der Waals surface area contributed by atoms with Gasteiger partial charge in [-0.05, 0) is 67.6 Å². The van der Waals surface area contributed by atoms with Gasteiger partial charge in [-0.1, -0.05) is 12.1 Å². The van der Waals surface area contributed by atoms with E-state index in [-0.39, 0.29) is 36.4 Å². The lowest BCUT2D eigenvalue weighted by Gasteiger charge is -2.11. The number of anilines is 2. The van der Waals surface area contributed by atoms with Gasteiger partial charge in [0.2, 0.25) is 0 Å². The van der Waals surface area contributed by atoms with Crippen LogP contribution in [0, 0.1) is 12.7 Å². The molecule has 44 heavy (non-hydrogen) atoms. The molecule has 4 aromatic rings. The predicted octanol–water partition coefficient (Wildman–Crippen LogP) is 5.67. The Morgan fingerprint density at radius 3 is 2.59 bits per heavy atom. The molecule has 2 aromatic carbocycles. The van der Waals surface area contributed by atoms with Crippen molar-refractivity contribution in [1.29, 1.82) is 0 Å². The van der Waals surface area contributed by atoms with Crippen molar-refractivity contribution in [3.05, 3.63) is 90.0 Å². The Hall–Kier alpha value is -5.17. The number of hydrogen-bond acceptors (Lipinski definition) is 7. The molecule has 11 nitrogen and oxygen atoms in total. The highest BCUT2D eigenvalue weighted by molar-refractivity contribution is 7.99. The molecule has 0 radical (unpaired) electrons. The summed E-state index contributed by atoms with van der Waals surface area (Å²) in [5.41, 5.74) is 2.67. The van der Waals surface area contributed by atoms with E-state index in [1.807, 2.05) is 13.0 Å². The van der Waals surface area contributed by atoms with E-state index in [1.54, 1.807) is 37.3 Å². The standard InChI is InChI=1S/C31H32FN5O6S/c1-4-42-29(38)9-6-14-44(3,41)37-30(39)21-16-27(34-19-21)28-18-24(12-13-33-28)43-23-10-11-26(25(32)17-23)36-31(40)35-22-8-5-7-20(2)15-22/h5,7-8,10-19,34H,4,6,9H2,1-3H3,(H2,35,36,40)(H,37,39,41). The maximum Gasteiger partial charge on any atom is 0.323 e. The smallest absolute Gasteiger partial charge is 0.323 e. The second kappa shape index (κ2) is 14.3. The van der Waals surface area contributed by atoms with Crippen molar-refractivity contribution in [2.24, 2.45) is 0 Å². The molecule has 1 unspecified atom stereocenters. The van der Waals surface area contributed by atoms with Gasteiger partial charge in [-0.15, -0.1) is 0 Å². The number of H-pyrrole nitrogens is 1. The van der Waals surface area contributed by atoms with Gasteiger partial charge >= 0.3 is 12.0 Å². The second-order valence-electron chi connectivity index (χ2n) is 9.72. The molecule has 2 heterocycles. The summed E-state index contributed by atoms with van der Waals surface area (Å²) >= 11 is 0. The molecule has 13 heteroatoms. The summed E-state index contributed by atoms with van der Waals surface area (Å²) in [6.45, 7) is 3.86. The lowest BCUT2D eigenvalue weighted by atomic mass is 10.2. The van der Waals surface area contributed by atoms with E-state index in [0.29, 0.717) is 22.8 Å². The lowest BCUT2D eigenvalue weighted by molar-refractivity contribution is -0.142. The zero-order chi connectivity index (χ0) is 31.7. The van der Waals surface area contributed by atoms with Gasteiger partial charge < -0.3 is 25.1 Å². The number of hydrogen-bond donors (Lipinski definition) is 4. The van der Waals surface area contributed by atoms with Crippen LogP contribution in [-0.4, -0.2) is 50.3 Å².